The van der Waals surface area contributed by atoms with Crippen LogP contribution in [-0.4, -0.2) is 79.2 Å². The molecule has 2 saturated heterocycles. The van der Waals surface area contributed by atoms with Gasteiger partial charge in [-0.15, -0.1) is 0 Å². The van der Waals surface area contributed by atoms with E-state index in [0.29, 0.717) is 19.1 Å². The maximum Gasteiger partial charge on any atom is 0.220 e. The number of carbonyl (C=O) groups excluding carboxylic acids is 1. The number of hydrogen-bond donors (Lipinski definition) is 1. The molecule has 1 aromatic rings. The maximum absolute atomic E-state index is 12.2. The summed E-state index contributed by atoms with van der Waals surface area (Å²) in [7, 11) is 2.15. The first-order chi connectivity index (χ1) is 11.2. The molecular formula is C17H26N4O2. The smallest absolute Gasteiger partial charge is 0.220 e. The Morgan fingerprint density at radius 2 is 2.00 bits per heavy atom. The average Bonchev–Trinajstić information content (AvgIpc) is 3.03. The quantitative estimate of drug-likeness (QED) is 0.837. The number of pyridine rings is 1. The summed E-state index contributed by atoms with van der Waals surface area (Å²) >= 11 is 0. The first-order valence-electron chi connectivity index (χ1n) is 8.41. The molecule has 1 N–H and O–H groups in total. The number of aryl methyl sites for hydroxylation is 1. The first kappa shape index (κ1) is 16.4. The molecular weight excluding hydrogens is 292 g/mol. The Hall–Kier alpha value is -1.50. The molecule has 2 atom stereocenters. The van der Waals surface area contributed by atoms with Gasteiger partial charge in [0.1, 0.15) is 0 Å². The number of aromatic nitrogens is 1. The third-order valence-corrected chi connectivity index (χ3v) is 4.79. The third kappa shape index (κ3) is 4.50. The van der Waals surface area contributed by atoms with Gasteiger partial charge in [-0.2, -0.15) is 0 Å². The number of ether oxygens (including phenoxy) is 1. The van der Waals surface area contributed by atoms with Gasteiger partial charge in [-0.1, -0.05) is 0 Å². The van der Waals surface area contributed by atoms with Crippen LogP contribution in [0.1, 0.15) is 12.0 Å². The van der Waals surface area contributed by atoms with E-state index < -0.39 is 0 Å². The van der Waals surface area contributed by atoms with E-state index in [1.165, 1.54) is 0 Å². The molecule has 2 aliphatic rings. The molecule has 1 aromatic heterocycles. The Labute approximate surface area is 137 Å². The molecule has 1 amide bonds. The van der Waals surface area contributed by atoms with Crippen molar-refractivity contribution in [2.75, 3.05) is 46.4 Å². The SMILES string of the molecule is CN1CCN([C@H]2COC[C@@H]2NC(=O)CCc2ccncc2)CC1. The molecule has 0 bridgehead atoms. The summed E-state index contributed by atoms with van der Waals surface area (Å²) < 4.78 is 5.64. The molecule has 6 heteroatoms. The van der Waals surface area contributed by atoms with Crippen molar-refractivity contribution in [1.82, 2.24) is 20.1 Å². The monoisotopic (exact) mass is 318 g/mol. The van der Waals surface area contributed by atoms with E-state index in [2.05, 4.69) is 27.1 Å². The summed E-state index contributed by atoms with van der Waals surface area (Å²) in [4.78, 5) is 21.0. The lowest BCUT2D eigenvalue weighted by molar-refractivity contribution is -0.122. The van der Waals surface area contributed by atoms with Gasteiger partial charge in [0.2, 0.25) is 5.91 Å². The zero-order valence-corrected chi connectivity index (χ0v) is 13.8. The van der Waals surface area contributed by atoms with Gasteiger partial charge in [0.05, 0.1) is 25.3 Å². The van der Waals surface area contributed by atoms with Crippen molar-refractivity contribution in [1.29, 1.82) is 0 Å². The van der Waals surface area contributed by atoms with Gasteiger partial charge in [0.15, 0.2) is 0 Å². The normalized spacial score (nSPS) is 26.3. The number of nitrogens with one attached hydrogen (secondary N) is 1. The molecule has 126 valence electrons. The molecule has 0 unspecified atom stereocenters. The van der Waals surface area contributed by atoms with E-state index in [1.807, 2.05) is 12.1 Å². The average molecular weight is 318 g/mol. The lowest BCUT2D eigenvalue weighted by atomic mass is 10.1. The molecule has 0 aliphatic carbocycles. The van der Waals surface area contributed by atoms with Crippen LogP contribution >= 0.6 is 0 Å². The Kier molecular flexibility index (Phi) is 5.59. The van der Waals surface area contributed by atoms with Crippen molar-refractivity contribution in [3.05, 3.63) is 30.1 Å². The number of piperazine rings is 1. The second-order valence-corrected chi connectivity index (χ2v) is 6.47. The molecule has 3 rings (SSSR count). The van der Waals surface area contributed by atoms with Gasteiger partial charge in [-0.25, -0.2) is 0 Å². The van der Waals surface area contributed by atoms with Crippen LogP contribution in [0.5, 0.6) is 0 Å². The summed E-state index contributed by atoms with van der Waals surface area (Å²) in [5.74, 6) is 0.108. The van der Waals surface area contributed by atoms with Crippen molar-refractivity contribution in [3.63, 3.8) is 0 Å². The summed E-state index contributed by atoms with van der Waals surface area (Å²) in [6, 6.07) is 4.34. The maximum atomic E-state index is 12.2. The van der Waals surface area contributed by atoms with Gasteiger partial charge < -0.3 is 15.0 Å². The van der Waals surface area contributed by atoms with Crippen molar-refractivity contribution < 1.29 is 9.53 Å². The predicted molar refractivity (Wildman–Crippen MR) is 88.2 cm³/mol. The van der Waals surface area contributed by atoms with Crippen LogP contribution in [-0.2, 0) is 16.0 Å². The number of carbonyl (C=O) groups is 1. The van der Waals surface area contributed by atoms with E-state index in [4.69, 9.17) is 4.74 Å². The fraction of sp³-hybridized carbons (Fsp3) is 0.647. The predicted octanol–water partition coefficient (Wildman–Crippen LogP) is 0.145. The Morgan fingerprint density at radius 3 is 2.74 bits per heavy atom. The van der Waals surface area contributed by atoms with Crippen molar-refractivity contribution in [2.24, 2.45) is 0 Å². The number of likely N-dealkylation sites (N-methyl/N-ethyl adjacent to an activating group) is 1. The standard InChI is InChI=1S/C17H26N4O2/c1-20-8-10-21(11-9-20)16-13-23-12-15(16)19-17(22)3-2-14-4-6-18-7-5-14/h4-7,15-16H,2-3,8-13H2,1H3,(H,19,22)/t15-,16-/m0/s1. The molecule has 0 aromatic carbocycles. The van der Waals surface area contributed by atoms with E-state index in [0.717, 1.165) is 44.8 Å². The molecule has 0 spiro atoms. The second kappa shape index (κ2) is 7.86. The van der Waals surface area contributed by atoms with Crippen LogP contribution < -0.4 is 5.32 Å². The minimum absolute atomic E-state index is 0.108. The van der Waals surface area contributed by atoms with Crippen molar-refractivity contribution in [2.45, 2.75) is 24.9 Å². The van der Waals surface area contributed by atoms with Crippen molar-refractivity contribution >= 4 is 5.91 Å². The Bertz CT molecular complexity index is 503. The summed E-state index contributed by atoms with van der Waals surface area (Å²) in [5.41, 5.74) is 1.15. The Morgan fingerprint density at radius 1 is 1.26 bits per heavy atom. The molecule has 0 radical (unpaired) electrons. The Balaban J connectivity index is 1.47. The van der Waals surface area contributed by atoms with Gasteiger partial charge in [-0.3, -0.25) is 14.7 Å². The summed E-state index contributed by atoms with van der Waals surface area (Å²) in [6.07, 6.45) is 4.79. The molecule has 23 heavy (non-hydrogen) atoms. The highest BCUT2D eigenvalue weighted by molar-refractivity contribution is 5.76. The van der Waals surface area contributed by atoms with Gasteiger partial charge in [0.25, 0.3) is 0 Å². The van der Waals surface area contributed by atoms with Crippen LogP contribution in [0.4, 0.5) is 0 Å². The molecule has 3 heterocycles. The van der Waals surface area contributed by atoms with Gasteiger partial charge in [-0.05, 0) is 31.2 Å². The summed E-state index contributed by atoms with van der Waals surface area (Å²) in [6.45, 7) is 5.61. The van der Waals surface area contributed by atoms with Crippen molar-refractivity contribution in [3.8, 4) is 0 Å². The van der Waals surface area contributed by atoms with E-state index in [-0.39, 0.29) is 11.9 Å². The minimum Gasteiger partial charge on any atom is -0.378 e. The number of amides is 1. The van der Waals surface area contributed by atoms with E-state index in [1.54, 1.807) is 12.4 Å². The van der Waals surface area contributed by atoms with Crippen LogP contribution in [0.15, 0.2) is 24.5 Å². The second-order valence-electron chi connectivity index (χ2n) is 6.47. The highest BCUT2D eigenvalue weighted by Crippen LogP contribution is 2.16. The molecule has 6 nitrogen and oxygen atoms in total. The lowest BCUT2D eigenvalue weighted by Crippen LogP contribution is -2.56. The van der Waals surface area contributed by atoms with Crippen LogP contribution in [0.25, 0.3) is 0 Å². The molecule has 0 saturated carbocycles. The zero-order chi connectivity index (χ0) is 16.1. The first-order valence-corrected chi connectivity index (χ1v) is 8.41. The fourth-order valence-electron chi connectivity index (χ4n) is 3.28. The molecule has 2 aliphatic heterocycles. The number of hydrogen-bond acceptors (Lipinski definition) is 5. The fourth-order valence-corrected chi connectivity index (χ4v) is 3.28. The highest BCUT2D eigenvalue weighted by Gasteiger charge is 2.35. The topological polar surface area (TPSA) is 57.7 Å². The third-order valence-electron chi connectivity index (χ3n) is 4.79. The highest BCUT2D eigenvalue weighted by atomic mass is 16.5. The van der Waals surface area contributed by atoms with Crippen LogP contribution in [0.2, 0.25) is 0 Å². The molecule has 2 fully saturated rings. The van der Waals surface area contributed by atoms with Crippen LogP contribution in [0, 0.1) is 0 Å². The number of rotatable bonds is 5. The zero-order valence-electron chi connectivity index (χ0n) is 13.8. The van der Waals surface area contributed by atoms with Gasteiger partial charge >= 0.3 is 0 Å². The van der Waals surface area contributed by atoms with Gasteiger partial charge in [0, 0.05) is 45.0 Å². The van der Waals surface area contributed by atoms with Crippen LogP contribution in [0.3, 0.4) is 0 Å². The van der Waals surface area contributed by atoms with E-state index in [9.17, 15) is 4.79 Å². The largest absolute Gasteiger partial charge is 0.378 e. The lowest BCUT2D eigenvalue weighted by Gasteiger charge is -2.38. The summed E-state index contributed by atoms with van der Waals surface area (Å²) in [5, 5.41) is 3.17. The number of nitrogens with zero attached hydrogens (tertiary/aromatic N) is 3. The minimum atomic E-state index is 0.108. The van der Waals surface area contributed by atoms with E-state index >= 15 is 0 Å².